The number of halogens is 1. The van der Waals surface area contributed by atoms with Gasteiger partial charge in [0.2, 0.25) is 0 Å². The van der Waals surface area contributed by atoms with Crippen molar-refractivity contribution in [3.63, 3.8) is 0 Å². The second-order valence-corrected chi connectivity index (χ2v) is 5.44. The van der Waals surface area contributed by atoms with Gasteiger partial charge < -0.3 is 9.88 Å². The lowest BCUT2D eigenvalue weighted by molar-refractivity contribution is 0.148. The van der Waals surface area contributed by atoms with Gasteiger partial charge in [-0.2, -0.15) is 0 Å². The van der Waals surface area contributed by atoms with Crippen LogP contribution in [0.3, 0.4) is 0 Å². The second kappa shape index (κ2) is 5.77. The standard InChI is InChI=1S/C16H20FN3/c1-19-8-10-20(11-9-19)12-13-6-7-18-16(13)14-4-2-3-5-15(14)17/h2-7,18H,8-12H2,1H3. The molecule has 2 heterocycles. The summed E-state index contributed by atoms with van der Waals surface area (Å²) in [5.74, 6) is -0.172. The fourth-order valence-electron chi connectivity index (χ4n) is 2.69. The molecule has 0 radical (unpaired) electrons. The Balaban J connectivity index is 1.79. The zero-order valence-electron chi connectivity index (χ0n) is 11.8. The van der Waals surface area contributed by atoms with Gasteiger partial charge in [-0.1, -0.05) is 12.1 Å². The number of nitrogens with one attached hydrogen (secondary N) is 1. The molecule has 106 valence electrons. The van der Waals surface area contributed by atoms with Crippen molar-refractivity contribution >= 4 is 0 Å². The van der Waals surface area contributed by atoms with E-state index in [1.54, 1.807) is 6.07 Å². The monoisotopic (exact) mass is 273 g/mol. The number of aromatic nitrogens is 1. The summed E-state index contributed by atoms with van der Waals surface area (Å²) in [7, 11) is 2.15. The van der Waals surface area contributed by atoms with Crippen molar-refractivity contribution in [3.05, 3.63) is 47.9 Å². The first-order valence-corrected chi connectivity index (χ1v) is 7.06. The Kier molecular flexibility index (Phi) is 3.85. The van der Waals surface area contributed by atoms with Gasteiger partial charge in [-0.3, -0.25) is 4.90 Å². The molecule has 0 atom stereocenters. The van der Waals surface area contributed by atoms with Gasteiger partial charge in [-0.15, -0.1) is 0 Å². The summed E-state index contributed by atoms with van der Waals surface area (Å²) in [4.78, 5) is 7.95. The maximum atomic E-state index is 13.9. The van der Waals surface area contributed by atoms with Crippen LogP contribution in [0.25, 0.3) is 11.3 Å². The minimum absolute atomic E-state index is 0.172. The number of likely N-dealkylation sites (N-methyl/N-ethyl adjacent to an activating group) is 1. The molecule has 2 aromatic rings. The van der Waals surface area contributed by atoms with Gasteiger partial charge >= 0.3 is 0 Å². The Hall–Kier alpha value is -1.65. The van der Waals surface area contributed by atoms with Gasteiger partial charge in [0.1, 0.15) is 5.82 Å². The van der Waals surface area contributed by atoms with Crippen LogP contribution in [0.15, 0.2) is 36.5 Å². The molecule has 0 spiro atoms. The predicted octanol–water partition coefficient (Wildman–Crippen LogP) is 2.57. The van der Waals surface area contributed by atoms with Gasteiger partial charge in [0.05, 0.1) is 5.69 Å². The van der Waals surface area contributed by atoms with E-state index in [1.165, 1.54) is 11.6 Å². The van der Waals surface area contributed by atoms with Crippen LogP contribution >= 0.6 is 0 Å². The first-order chi connectivity index (χ1) is 9.74. The van der Waals surface area contributed by atoms with E-state index in [2.05, 4.69) is 27.9 Å². The van der Waals surface area contributed by atoms with Crippen molar-refractivity contribution in [3.8, 4) is 11.3 Å². The van der Waals surface area contributed by atoms with Gasteiger partial charge in [0, 0.05) is 44.5 Å². The van der Waals surface area contributed by atoms with Crippen LogP contribution in [0.4, 0.5) is 4.39 Å². The first-order valence-electron chi connectivity index (χ1n) is 7.06. The zero-order valence-corrected chi connectivity index (χ0v) is 11.8. The number of hydrogen-bond donors (Lipinski definition) is 1. The lowest BCUT2D eigenvalue weighted by atomic mass is 10.1. The Morgan fingerprint density at radius 1 is 1.10 bits per heavy atom. The van der Waals surface area contributed by atoms with E-state index in [-0.39, 0.29) is 5.82 Å². The molecule has 1 saturated heterocycles. The third-order valence-corrected chi connectivity index (χ3v) is 3.97. The van der Waals surface area contributed by atoms with Gasteiger partial charge in [-0.25, -0.2) is 4.39 Å². The quantitative estimate of drug-likeness (QED) is 0.928. The minimum atomic E-state index is -0.172. The molecule has 1 fully saturated rings. The highest BCUT2D eigenvalue weighted by Crippen LogP contribution is 2.25. The normalized spacial score (nSPS) is 17.5. The van der Waals surface area contributed by atoms with E-state index in [9.17, 15) is 4.39 Å². The lowest BCUT2D eigenvalue weighted by Gasteiger charge is -2.32. The van der Waals surface area contributed by atoms with Crippen LogP contribution in [0.2, 0.25) is 0 Å². The van der Waals surface area contributed by atoms with Crippen molar-refractivity contribution in [2.75, 3.05) is 33.2 Å². The molecule has 1 aromatic heterocycles. The van der Waals surface area contributed by atoms with Crippen molar-refractivity contribution in [1.82, 2.24) is 14.8 Å². The van der Waals surface area contributed by atoms with Crippen LogP contribution in [0, 0.1) is 5.82 Å². The summed E-state index contributed by atoms with van der Waals surface area (Å²) in [6, 6.07) is 8.99. The number of nitrogens with zero attached hydrogens (tertiary/aromatic N) is 2. The predicted molar refractivity (Wildman–Crippen MR) is 79.0 cm³/mol. The van der Waals surface area contributed by atoms with E-state index >= 15 is 0 Å². The number of rotatable bonds is 3. The highest BCUT2D eigenvalue weighted by molar-refractivity contribution is 5.64. The van der Waals surface area contributed by atoms with Crippen LogP contribution in [-0.2, 0) is 6.54 Å². The van der Waals surface area contributed by atoms with Gasteiger partial charge in [0.15, 0.2) is 0 Å². The first kappa shape index (κ1) is 13.3. The molecule has 1 aliphatic heterocycles. The molecule has 0 saturated carbocycles. The highest BCUT2D eigenvalue weighted by Gasteiger charge is 2.17. The van der Waals surface area contributed by atoms with Crippen molar-refractivity contribution in [2.45, 2.75) is 6.54 Å². The molecule has 0 amide bonds. The van der Waals surface area contributed by atoms with E-state index in [4.69, 9.17) is 0 Å². The van der Waals surface area contributed by atoms with Crippen LogP contribution in [0.1, 0.15) is 5.56 Å². The Bertz CT molecular complexity index is 571. The number of aromatic amines is 1. The van der Waals surface area contributed by atoms with Gasteiger partial charge in [0.25, 0.3) is 0 Å². The summed E-state index contributed by atoms with van der Waals surface area (Å²) in [5, 5.41) is 0. The molecule has 20 heavy (non-hydrogen) atoms. The molecule has 0 unspecified atom stereocenters. The maximum Gasteiger partial charge on any atom is 0.132 e. The second-order valence-electron chi connectivity index (χ2n) is 5.44. The molecule has 1 aliphatic rings. The molecule has 0 bridgehead atoms. The molecule has 3 nitrogen and oxygen atoms in total. The molecule has 0 aliphatic carbocycles. The smallest absolute Gasteiger partial charge is 0.132 e. The van der Waals surface area contributed by atoms with Gasteiger partial charge in [-0.05, 0) is 30.8 Å². The van der Waals surface area contributed by atoms with Crippen molar-refractivity contribution in [1.29, 1.82) is 0 Å². The number of piperazine rings is 1. The average molecular weight is 273 g/mol. The summed E-state index contributed by atoms with van der Waals surface area (Å²) >= 11 is 0. The number of hydrogen-bond acceptors (Lipinski definition) is 2. The molecular weight excluding hydrogens is 253 g/mol. The third kappa shape index (κ3) is 2.76. The maximum absolute atomic E-state index is 13.9. The fourth-order valence-corrected chi connectivity index (χ4v) is 2.69. The third-order valence-electron chi connectivity index (χ3n) is 3.97. The van der Waals surface area contributed by atoms with Crippen molar-refractivity contribution < 1.29 is 4.39 Å². The highest BCUT2D eigenvalue weighted by atomic mass is 19.1. The SMILES string of the molecule is CN1CCN(Cc2cc[nH]c2-c2ccccc2F)CC1. The Morgan fingerprint density at radius 3 is 2.60 bits per heavy atom. The lowest BCUT2D eigenvalue weighted by Crippen LogP contribution is -2.43. The number of benzene rings is 1. The molecule has 1 aromatic carbocycles. The Morgan fingerprint density at radius 2 is 1.85 bits per heavy atom. The van der Waals surface area contributed by atoms with E-state index in [0.717, 1.165) is 38.4 Å². The largest absolute Gasteiger partial charge is 0.361 e. The van der Waals surface area contributed by atoms with E-state index < -0.39 is 0 Å². The fraction of sp³-hybridized carbons (Fsp3) is 0.375. The van der Waals surface area contributed by atoms with Crippen LogP contribution in [0.5, 0.6) is 0 Å². The molecular formula is C16H20FN3. The topological polar surface area (TPSA) is 22.3 Å². The minimum Gasteiger partial charge on any atom is -0.361 e. The Labute approximate surface area is 119 Å². The van der Waals surface area contributed by atoms with E-state index in [0.29, 0.717) is 5.56 Å². The summed E-state index contributed by atoms with van der Waals surface area (Å²) in [5.41, 5.74) is 2.73. The summed E-state index contributed by atoms with van der Waals surface area (Å²) in [6.07, 6.45) is 1.90. The summed E-state index contributed by atoms with van der Waals surface area (Å²) < 4.78 is 13.9. The van der Waals surface area contributed by atoms with Crippen LogP contribution < -0.4 is 0 Å². The number of H-pyrrole nitrogens is 1. The molecule has 3 rings (SSSR count). The summed E-state index contributed by atoms with van der Waals surface area (Å²) in [6.45, 7) is 5.21. The van der Waals surface area contributed by atoms with E-state index in [1.807, 2.05) is 18.3 Å². The zero-order chi connectivity index (χ0) is 13.9. The van der Waals surface area contributed by atoms with Crippen molar-refractivity contribution in [2.24, 2.45) is 0 Å². The van der Waals surface area contributed by atoms with Crippen LogP contribution in [-0.4, -0.2) is 48.0 Å². The molecule has 4 heteroatoms. The average Bonchev–Trinajstić information content (AvgIpc) is 2.90. The molecule has 1 N–H and O–H groups in total.